The summed E-state index contributed by atoms with van der Waals surface area (Å²) in [5.74, 6) is 2.89. The zero-order chi connectivity index (χ0) is 9.61. The van der Waals surface area contributed by atoms with Gasteiger partial charge < -0.3 is 9.28 Å². The van der Waals surface area contributed by atoms with Crippen LogP contribution in [0.1, 0.15) is 19.8 Å². The van der Waals surface area contributed by atoms with Gasteiger partial charge in [0.15, 0.2) is 0 Å². The fraction of sp³-hybridized carbons (Fsp3) is 0.700. The number of quaternary nitrogens is 1. The molecule has 2 nitrogen and oxygen atoms in total. The number of terminal acetylenes is 1. The third-order valence-electron chi connectivity index (χ3n) is 1.81. The minimum absolute atomic E-state index is 0.260. The SMILES string of the molecule is C#CC[N+](C)(C)CCCC(C)=O. The third-order valence-corrected chi connectivity index (χ3v) is 1.81. The van der Waals surface area contributed by atoms with E-state index in [4.69, 9.17) is 6.42 Å². The molecule has 0 aliphatic heterocycles. The first-order valence-corrected chi connectivity index (χ1v) is 4.23. The molecular weight excluding hydrogens is 150 g/mol. The van der Waals surface area contributed by atoms with Crippen LogP contribution in [-0.4, -0.2) is 37.5 Å². The van der Waals surface area contributed by atoms with Gasteiger partial charge in [0.2, 0.25) is 0 Å². The van der Waals surface area contributed by atoms with Crippen molar-refractivity contribution in [1.29, 1.82) is 0 Å². The summed E-state index contributed by atoms with van der Waals surface area (Å²) in [5.41, 5.74) is 0. The van der Waals surface area contributed by atoms with Gasteiger partial charge in [-0.1, -0.05) is 0 Å². The van der Waals surface area contributed by atoms with Gasteiger partial charge in [0.05, 0.1) is 20.6 Å². The largest absolute Gasteiger partial charge is 0.318 e. The summed E-state index contributed by atoms with van der Waals surface area (Å²) in [4.78, 5) is 10.6. The Bertz CT molecular complexity index is 189. The fourth-order valence-corrected chi connectivity index (χ4v) is 1.08. The van der Waals surface area contributed by atoms with Gasteiger partial charge in [0, 0.05) is 12.8 Å². The minimum atomic E-state index is 0.260. The molecule has 0 bridgehead atoms. The van der Waals surface area contributed by atoms with Crippen LogP contribution in [0.15, 0.2) is 0 Å². The Labute approximate surface area is 75.2 Å². The zero-order valence-corrected chi connectivity index (χ0v) is 8.26. The highest BCUT2D eigenvalue weighted by atomic mass is 16.1. The van der Waals surface area contributed by atoms with Gasteiger partial charge in [-0.05, 0) is 12.8 Å². The first kappa shape index (κ1) is 11.2. The Kier molecular flexibility index (Phi) is 4.61. The summed E-state index contributed by atoms with van der Waals surface area (Å²) >= 11 is 0. The maximum Gasteiger partial charge on any atom is 0.140 e. The van der Waals surface area contributed by atoms with Gasteiger partial charge in [0.25, 0.3) is 0 Å². The molecule has 0 N–H and O–H groups in total. The summed E-state index contributed by atoms with van der Waals surface area (Å²) in [7, 11) is 4.17. The number of hydrogen-bond acceptors (Lipinski definition) is 1. The Hall–Kier alpha value is -0.810. The van der Waals surface area contributed by atoms with Crippen LogP contribution in [0.25, 0.3) is 0 Å². The van der Waals surface area contributed by atoms with Crippen molar-refractivity contribution in [2.24, 2.45) is 0 Å². The quantitative estimate of drug-likeness (QED) is 0.443. The number of carbonyl (C=O) groups is 1. The second-order valence-corrected chi connectivity index (χ2v) is 3.83. The number of ketones is 1. The van der Waals surface area contributed by atoms with Crippen LogP contribution in [0.3, 0.4) is 0 Å². The van der Waals surface area contributed by atoms with Crippen LogP contribution in [0.5, 0.6) is 0 Å². The lowest BCUT2D eigenvalue weighted by molar-refractivity contribution is -0.883. The van der Waals surface area contributed by atoms with Crippen molar-refractivity contribution in [2.75, 3.05) is 27.2 Å². The molecule has 0 heterocycles. The molecule has 0 aliphatic carbocycles. The van der Waals surface area contributed by atoms with Crippen molar-refractivity contribution in [3.05, 3.63) is 0 Å². The average Bonchev–Trinajstić information content (AvgIpc) is 1.85. The molecule has 0 amide bonds. The van der Waals surface area contributed by atoms with Gasteiger partial charge >= 0.3 is 0 Å². The highest BCUT2D eigenvalue weighted by Crippen LogP contribution is 2.00. The van der Waals surface area contributed by atoms with E-state index in [1.54, 1.807) is 6.92 Å². The molecule has 0 aromatic heterocycles. The normalized spacial score (nSPS) is 10.8. The minimum Gasteiger partial charge on any atom is -0.318 e. The van der Waals surface area contributed by atoms with Crippen molar-refractivity contribution in [2.45, 2.75) is 19.8 Å². The first-order valence-electron chi connectivity index (χ1n) is 4.23. The topological polar surface area (TPSA) is 17.1 Å². The maximum atomic E-state index is 10.6. The number of nitrogens with zero attached hydrogens (tertiary/aromatic N) is 1. The molecule has 0 radical (unpaired) electrons. The summed E-state index contributed by atoms with van der Waals surface area (Å²) in [6.07, 6.45) is 6.82. The van der Waals surface area contributed by atoms with E-state index < -0.39 is 0 Å². The van der Waals surface area contributed by atoms with Gasteiger partial charge in [-0.15, -0.1) is 6.42 Å². The van der Waals surface area contributed by atoms with E-state index >= 15 is 0 Å². The van der Waals surface area contributed by atoms with E-state index in [1.807, 2.05) is 0 Å². The molecule has 0 aliphatic rings. The summed E-state index contributed by atoms with van der Waals surface area (Å²) in [5, 5.41) is 0. The van der Waals surface area contributed by atoms with Crippen molar-refractivity contribution < 1.29 is 9.28 Å². The summed E-state index contributed by atoms with van der Waals surface area (Å²) in [6.45, 7) is 3.34. The van der Waals surface area contributed by atoms with E-state index in [9.17, 15) is 4.79 Å². The predicted molar refractivity (Wildman–Crippen MR) is 50.6 cm³/mol. The highest BCUT2D eigenvalue weighted by molar-refractivity contribution is 5.75. The monoisotopic (exact) mass is 168 g/mol. The first-order chi connectivity index (χ1) is 5.48. The van der Waals surface area contributed by atoms with Gasteiger partial charge in [0.1, 0.15) is 12.3 Å². The Balaban J connectivity index is 3.62. The lowest BCUT2D eigenvalue weighted by Gasteiger charge is -2.27. The van der Waals surface area contributed by atoms with E-state index in [2.05, 4.69) is 20.0 Å². The molecule has 0 unspecified atom stereocenters. The molecule has 0 atom stereocenters. The van der Waals surface area contributed by atoms with Gasteiger partial charge in [-0.3, -0.25) is 0 Å². The van der Waals surface area contributed by atoms with Crippen LogP contribution in [0.2, 0.25) is 0 Å². The van der Waals surface area contributed by atoms with E-state index in [-0.39, 0.29) is 5.78 Å². The standard InChI is InChI=1S/C10H18NO/c1-5-8-11(3,4)9-6-7-10(2)12/h1H,6-9H2,2-4H3/q+1. The van der Waals surface area contributed by atoms with Crippen LogP contribution >= 0.6 is 0 Å². The Morgan fingerprint density at radius 2 is 2.08 bits per heavy atom. The van der Waals surface area contributed by atoms with Crippen molar-refractivity contribution in [3.8, 4) is 12.3 Å². The lowest BCUT2D eigenvalue weighted by Crippen LogP contribution is -2.40. The Morgan fingerprint density at radius 3 is 2.50 bits per heavy atom. The maximum absolute atomic E-state index is 10.6. The van der Waals surface area contributed by atoms with Gasteiger partial charge in [-0.2, -0.15) is 0 Å². The van der Waals surface area contributed by atoms with Crippen LogP contribution < -0.4 is 0 Å². The lowest BCUT2D eigenvalue weighted by atomic mass is 10.2. The number of carbonyl (C=O) groups excluding carboxylic acids is 1. The van der Waals surface area contributed by atoms with Gasteiger partial charge in [-0.25, -0.2) is 0 Å². The van der Waals surface area contributed by atoms with Crippen LogP contribution in [-0.2, 0) is 4.79 Å². The average molecular weight is 168 g/mol. The molecule has 0 rings (SSSR count). The number of Topliss-reactive ketones (excluding diaryl/α,β-unsaturated/α-hetero) is 1. The van der Waals surface area contributed by atoms with E-state index in [0.717, 1.165) is 24.0 Å². The second kappa shape index (κ2) is 4.95. The molecular formula is C10H18NO+. The smallest absolute Gasteiger partial charge is 0.140 e. The van der Waals surface area contributed by atoms with E-state index in [0.29, 0.717) is 6.42 Å². The predicted octanol–water partition coefficient (Wildman–Crippen LogP) is 1.07. The molecule has 0 saturated carbocycles. The fourth-order valence-electron chi connectivity index (χ4n) is 1.08. The zero-order valence-electron chi connectivity index (χ0n) is 8.26. The van der Waals surface area contributed by atoms with Crippen molar-refractivity contribution >= 4 is 5.78 Å². The third kappa shape index (κ3) is 5.94. The number of rotatable bonds is 5. The number of hydrogen-bond donors (Lipinski definition) is 0. The molecule has 2 heteroatoms. The summed E-state index contributed by atoms with van der Waals surface area (Å²) < 4.78 is 0.809. The Morgan fingerprint density at radius 1 is 1.50 bits per heavy atom. The molecule has 0 spiro atoms. The second-order valence-electron chi connectivity index (χ2n) is 3.83. The molecule has 68 valence electrons. The summed E-state index contributed by atoms with van der Waals surface area (Å²) in [6, 6.07) is 0. The van der Waals surface area contributed by atoms with Crippen molar-refractivity contribution in [3.63, 3.8) is 0 Å². The highest BCUT2D eigenvalue weighted by Gasteiger charge is 2.12. The molecule has 12 heavy (non-hydrogen) atoms. The molecule has 0 fully saturated rings. The van der Waals surface area contributed by atoms with Crippen LogP contribution in [0, 0.1) is 12.3 Å². The van der Waals surface area contributed by atoms with E-state index in [1.165, 1.54) is 0 Å². The molecule has 0 aromatic rings. The van der Waals surface area contributed by atoms with Crippen LogP contribution in [0.4, 0.5) is 0 Å². The molecule has 0 saturated heterocycles. The van der Waals surface area contributed by atoms with Crippen molar-refractivity contribution in [1.82, 2.24) is 0 Å². The molecule has 0 aromatic carbocycles.